The highest BCUT2D eigenvalue weighted by Gasteiger charge is 2.33. The quantitative estimate of drug-likeness (QED) is 0.234. The van der Waals surface area contributed by atoms with Crippen LogP contribution in [0.5, 0.6) is 11.5 Å². The van der Waals surface area contributed by atoms with Gasteiger partial charge in [-0.15, -0.1) is 0 Å². The van der Waals surface area contributed by atoms with Crippen LogP contribution in [0.3, 0.4) is 0 Å². The second kappa shape index (κ2) is 23.5. The highest BCUT2D eigenvalue weighted by Crippen LogP contribution is 2.39. The zero-order valence-corrected chi connectivity index (χ0v) is 45.9. The van der Waals surface area contributed by atoms with Crippen molar-refractivity contribution in [3.63, 3.8) is 0 Å². The molecule has 1 atom stereocenters. The Morgan fingerprint density at radius 2 is 1.15 bits per heavy atom. The molecule has 6 rings (SSSR count). The number of allylic oxidation sites excluding steroid dienone is 4. The maximum Gasteiger partial charge on any atom is 0.343 e. The molecule has 68 heavy (non-hydrogen) atoms. The molecule has 8 nitrogen and oxygen atoms in total. The van der Waals surface area contributed by atoms with Gasteiger partial charge in [-0.3, -0.25) is 9.59 Å². The first-order valence-corrected chi connectivity index (χ1v) is 24.0. The fourth-order valence-corrected chi connectivity index (χ4v) is 9.18. The van der Waals surface area contributed by atoms with Crippen LogP contribution in [0.15, 0.2) is 85.6 Å². The minimum Gasteiger partial charge on any atom is -0.496 e. The number of benzene rings is 2. The van der Waals surface area contributed by atoms with Crippen LogP contribution in [0.4, 0.5) is 4.39 Å². The standard InChI is InChI=1S/C15H18O.C11H15FO.C11H16O3.C11H18O2.C11H18O/c1-10-12-8-6-5-7-11(12)9-13(16)14(10)15(2,3)4;1-11(2,3)8-5-6-10(13-4)9(12)7-8;1-7-6-8(13-5)9(10(12)14-7)11(2,3)4;1-7-6-8(2)13-10(12)9(7)11(3,4)5;1-8-6-5-7-9(12)10(8)11(2,3)4/h5-8H,9H2,1-4H3;5-7H,1-4H3;6H,1-5H3;8H,6H2,1-5H3;5-7H2,1-4H3. The van der Waals surface area contributed by atoms with Crippen LogP contribution < -0.4 is 15.1 Å². The zero-order chi connectivity index (χ0) is 52.5. The molecule has 0 radical (unpaired) electrons. The number of esters is 1. The number of carbonyl (C=O) groups is 3. The number of ketones is 2. The lowest BCUT2D eigenvalue weighted by atomic mass is 9.74. The highest BCUT2D eigenvalue weighted by molar-refractivity contribution is 6.07. The third-order valence-corrected chi connectivity index (χ3v) is 11.9. The van der Waals surface area contributed by atoms with E-state index in [0.29, 0.717) is 35.0 Å². The van der Waals surface area contributed by atoms with E-state index in [1.54, 1.807) is 26.2 Å². The number of methoxy groups -OCH3 is 2. The zero-order valence-electron chi connectivity index (χ0n) is 45.9. The maximum absolute atomic E-state index is 13.3. The molecule has 0 saturated heterocycles. The Labute approximate surface area is 409 Å². The number of fused-ring (bicyclic) bond motifs is 1. The van der Waals surface area contributed by atoms with Gasteiger partial charge in [-0.25, -0.2) is 14.0 Å². The molecule has 0 amide bonds. The van der Waals surface area contributed by atoms with Crippen molar-refractivity contribution < 1.29 is 37.4 Å². The molecule has 0 saturated carbocycles. The van der Waals surface area contributed by atoms with Crippen LogP contribution in [0.1, 0.15) is 185 Å². The SMILES string of the molecule is CC1=C(C(C)(C)C)C(=O)CCC1.CC1=C(C(C)(C)C)C(=O)Cc2ccccc21.CC1=C(C(C)(C)C)C(=O)OC(C)C1.COc1cc(C)oc(=O)c1C(C)(C)C.COc1ccc(C(C)(C)C)cc1F. The van der Waals surface area contributed by atoms with Crippen molar-refractivity contribution in [2.24, 2.45) is 16.2 Å². The van der Waals surface area contributed by atoms with Crippen molar-refractivity contribution in [1.29, 1.82) is 0 Å². The Hall–Kier alpha value is -5.05. The van der Waals surface area contributed by atoms with Crippen molar-refractivity contribution in [2.45, 2.75) is 188 Å². The van der Waals surface area contributed by atoms with Crippen molar-refractivity contribution in [1.82, 2.24) is 0 Å². The predicted octanol–water partition coefficient (Wildman–Crippen LogP) is 14.8. The van der Waals surface area contributed by atoms with Gasteiger partial charge in [-0.2, -0.15) is 0 Å². The topological polar surface area (TPSA) is 109 Å². The number of ether oxygens (including phenoxy) is 3. The summed E-state index contributed by atoms with van der Waals surface area (Å²) in [6.45, 7) is 40.7. The van der Waals surface area contributed by atoms with Gasteiger partial charge in [0.05, 0.1) is 19.8 Å². The summed E-state index contributed by atoms with van der Waals surface area (Å²) < 4.78 is 33.5. The van der Waals surface area contributed by atoms with E-state index < -0.39 is 0 Å². The smallest absolute Gasteiger partial charge is 0.343 e. The molecule has 376 valence electrons. The minimum atomic E-state index is -0.311. The largest absolute Gasteiger partial charge is 0.496 e. The van der Waals surface area contributed by atoms with E-state index in [-0.39, 0.29) is 56.4 Å². The third kappa shape index (κ3) is 16.6. The van der Waals surface area contributed by atoms with E-state index in [0.717, 1.165) is 59.1 Å². The first kappa shape index (κ1) is 59.1. The summed E-state index contributed by atoms with van der Waals surface area (Å²) in [5, 5.41) is 0. The molecule has 3 aromatic rings. The Kier molecular flexibility index (Phi) is 20.4. The second-order valence-corrected chi connectivity index (χ2v) is 23.5. The number of rotatable bonds is 2. The first-order valence-electron chi connectivity index (χ1n) is 24.0. The molecule has 1 unspecified atom stereocenters. The first-order chi connectivity index (χ1) is 31.0. The van der Waals surface area contributed by atoms with Gasteiger partial charge < -0.3 is 18.6 Å². The molecule has 2 aromatic carbocycles. The molecule has 2 aliphatic carbocycles. The molecule has 3 aliphatic rings. The van der Waals surface area contributed by atoms with Gasteiger partial charge in [-0.05, 0) is 115 Å². The van der Waals surface area contributed by atoms with Crippen LogP contribution in [0.25, 0.3) is 5.57 Å². The van der Waals surface area contributed by atoms with Crippen LogP contribution in [0.2, 0.25) is 0 Å². The van der Waals surface area contributed by atoms with Crippen molar-refractivity contribution >= 4 is 23.1 Å². The fourth-order valence-electron chi connectivity index (χ4n) is 9.18. The summed E-state index contributed by atoms with van der Waals surface area (Å²) in [7, 11) is 3.03. The van der Waals surface area contributed by atoms with E-state index in [1.807, 2.05) is 94.4 Å². The van der Waals surface area contributed by atoms with Gasteiger partial charge in [0, 0.05) is 36.5 Å². The van der Waals surface area contributed by atoms with Crippen LogP contribution in [0, 0.1) is 29.0 Å². The number of hydrogen-bond donors (Lipinski definition) is 0. The number of halogens is 1. The molecule has 2 heterocycles. The Morgan fingerprint density at radius 3 is 1.59 bits per heavy atom. The lowest BCUT2D eigenvalue weighted by Crippen LogP contribution is -2.30. The average Bonchev–Trinajstić information content (AvgIpc) is 3.15. The molecule has 0 N–H and O–H groups in total. The fraction of sp³-hybridized carbons (Fsp3) is 0.559. The van der Waals surface area contributed by atoms with E-state index >= 15 is 0 Å². The van der Waals surface area contributed by atoms with Gasteiger partial charge in [0.25, 0.3) is 0 Å². The third-order valence-electron chi connectivity index (χ3n) is 11.9. The van der Waals surface area contributed by atoms with Gasteiger partial charge in [-0.1, -0.05) is 145 Å². The summed E-state index contributed by atoms with van der Waals surface area (Å²) in [4.78, 5) is 47.0. The number of cyclic esters (lactones) is 1. The maximum atomic E-state index is 13.3. The molecule has 1 aliphatic heterocycles. The Balaban J connectivity index is 0.000000293. The summed E-state index contributed by atoms with van der Waals surface area (Å²) in [6.07, 6.45) is 4.38. The van der Waals surface area contributed by atoms with E-state index in [4.69, 9.17) is 18.6 Å². The van der Waals surface area contributed by atoms with E-state index in [1.165, 1.54) is 29.9 Å². The second-order valence-electron chi connectivity index (χ2n) is 23.5. The van der Waals surface area contributed by atoms with Gasteiger partial charge in [0.15, 0.2) is 23.1 Å². The van der Waals surface area contributed by atoms with Crippen LogP contribution >= 0.6 is 0 Å². The summed E-state index contributed by atoms with van der Waals surface area (Å²) in [5.74, 6) is 1.69. The number of aryl methyl sites for hydroxylation is 1. The minimum absolute atomic E-state index is 0.0207. The molecule has 0 spiro atoms. The van der Waals surface area contributed by atoms with Gasteiger partial charge in [0.1, 0.15) is 17.6 Å². The van der Waals surface area contributed by atoms with Crippen molar-refractivity contribution in [2.75, 3.05) is 14.2 Å². The molecule has 9 heteroatoms. The van der Waals surface area contributed by atoms with E-state index in [9.17, 15) is 23.6 Å². The lowest BCUT2D eigenvalue weighted by molar-refractivity contribution is -0.146. The van der Waals surface area contributed by atoms with Crippen LogP contribution in [-0.4, -0.2) is 37.9 Å². The average molecular weight is 941 g/mol. The van der Waals surface area contributed by atoms with E-state index in [2.05, 4.69) is 67.5 Å². The lowest BCUT2D eigenvalue weighted by Gasteiger charge is -2.30. The molecule has 1 aromatic heterocycles. The van der Waals surface area contributed by atoms with Crippen LogP contribution in [-0.2, 0) is 36.4 Å². The summed E-state index contributed by atoms with van der Waals surface area (Å²) >= 11 is 0. The Bertz CT molecular complexity index is 2420. The highest BCUT2D eigenvalue weighted by atomic mass is 19.1. The summed E-state index contributed by atoms with van der Waals surface area (Å²) in [6, 6.07) is 15.0. The molecular formula is C59H85FO8. The van der Waals surface area contributed by atoms with Gasteiger partial charge in [0.2, 0.25) is 0 Å². The monoisotopic (exact) mass is 941 g/mol. The number of Topliss-reactive ketones (excluding diaryl/α,β-unsaturated/α-hetero) is 2. The Morgan fingerprint density at radius 1 is 0.603 bits per heavy atom. The molecular weight excluding hydrogens is 856 g/mol. The van der Waals surface area contributed by atoms with Gasteiger partial charge >= 0.3 is 11.6 Å². The number of carbonyl (C=O) groups excluding carboxylic acids is 3. The predicted molar refractivity (Wildman–Crippen MR) is 277 cm³/mol. The normalized spacial score (nSPS) is 16.7. The summed E-state index contributed by atoms with van der Waals surface area (Å²) in [5.41, 5.74) is 9.82. The number of hydrogen-bond acceptors (Lipinski definition) is 8. The molecule has 0 fully saturated rings. The molecule has 0 bridgehead atoms. The van der Waals surface area contributed by atoms with Crippen molar-refractivity contribution in [3.8, 4) is 11.5 Å². The van der Waals surface area contributed by atoms with Crippen molar-refractivity contribution in [3.05, 3.63) is 121 Å².